The van der Waals surface area contributed by atoms with Crippen molar-refractivity contribution in [1.29, 1.82) is 0 Å². The minimum Gasteiger partial charge on any atom is -0.495 e. The molecule has 1 N–H and O–H groups in total. The SMILES string of the molecule is COc1ccc(-n2ccc(=O)[nH]c2=O)cc1Cl. The quantitative estimate of drug-likeness (QED) is 0.873. The fourth-order valence-electron chi connectivity index (χ4n) is 1.43. The van der Waals surface area contributed by atoms with Gasteiger partial charge in [-0.05, 0) is 18.2 Å². The highest BCUT2D eigenvalue weighted by atomic mass is 35.5. The maximum Gasteiger partial charge on any atom is 0.332 e. The van der Waals surface area contributed by atoms with Gasteiger partial charge in [-0.3, -0.25) is 14.3 Å². The first-order chi connectivity index (χ1) is 8.11. The molecule has 2 aromatic rings. The van der Waals surface area contributed by atoms with Crippen molar-refractivity contribution >= 4 is 11.6 Å². The highest BCUT2D eigenvalue weighted by Crippen LogP contribution is 2.25. The van der Waals surface area contributed by atoms with E-state index in [-0.39, 0.29) is 0 Å². The van der Waals surface area contributed by atoms with E-state index >= 15 is 0 Å². The zero-order valence-electron chi connectivity index (χ0n) is 8.94. The number of hydrogen-bond donors (Lipinski definition) is 1. The highest BCUT2D eigenvalue weighted by Gasteiger charge is 2.04. The number of H-pyrrole nitrogens is 1. The summed E-state index contributed by atoms with van der Waals surface area (Å²) in [6, 6.07) is 6.17. The molecule has 0 bridgehead atoms. The number of hydrogen-bond acceptors (Lipinski definition) is 3. The van der Waals surface area contributed by atoms with E-state index in [0.29, 0.717) is 16.5 Å². The number of aromatic nitrogens is 2. The lowest BCUT2D eigenvalue weighted by Crippen LogP contribution is -2.27. The Bertz CT molecular complexity index is 660. The molecule has 0 aliphatic carbocycles. The van der Waals surface area contributed by atoms with Gasteiger partial charge in [0, 0.05) is 12.3 Å². The van der Waals surface area contributed by atoms with E-state index in [2.05, 4.69) is 4.98 Å². The van der Waals surface area contributed by atoms with Crippen molar-refractivity contribution in [1.82, 2.24) is 9.55 Å². The molecule has 6 heteroatoms. The molecule has 0 atom stereocenters. The van der Waals surface area contributed by atoms with Gasteiger partial charge in [-0.15, -0.1) is 0 Å². The van der Waals surface area contributed by atoms with E-state index in [0.717, 1.165) is 0 Å². The monoisotopic (exact) mass is 252 g/mol. The first kappa shape index (κ1) is 11.5. The van der Waals surface area contributed by atoms with Gasteiger partial charge < -0.3 is 4.74 Å². The Labute approximate surface area is 101 Å². The van der Waals surface area contributed by atoms with Gasteiger partial charge in [0.1, 0.15) is 5.75 Å². The number of nitrogens with one attached hydrogen (secondary N) is 1. The summed E-state index contributed by atoms with van der Waals surface area (Å²) in [5.74, 6) is 0.521. The molecule has 0 fully saturated rings. The van der Waals surface area contributed by atoms with Crippen LogP contribution < -0.4 is 16.0 Å². The second-order valence-corrected chi connectivity index (χ2v) is 3.71. The zero-order valence-corrected chi connectivity index (χ0v) is 9.69. The van der Waals surface area contributed by atoms with E-state index in [4.69, 9.17) is 16.3 Å². The van der Waals surface area contributed by atoms with Gasteiger partial charge >= 0.3 is 5.69 Å². The van der Waals surface area contributed by atoms with Crippen molar-refractivity contribution in [3.63, 3.8) is 0 Å². The Kier molecular flexibility index (Phi) is 3.01. The fraction of sp³-hybridized carbons (Fsp3) is 0.0909. The molecule has 0 saturated heterocycles. The summed E-state index contributed by atoms with van der Waals surface area (Å²) < 4.78 is 6.29. The molecular formula is C11H9ClN2O3. The Hall–Kier alpha value is -2.01. The molecule has 0 aliphatic rings. The predicted molar refractivity (Wildman–Crippen MR) is 64.2 cm³/mol. The van der Waals surface area contributed by atoms with Crippen molar-refractivity contribution < 1.29 is 4.74 Å². The normalized spacial score (nSPS) is 10.2. The van der Waals surface area contributed by atoms with E-state index in [1.54, 1.807) is 18.2 Å². The van der Waals surface area contributed by atoms with Crippen LogP contribution in [-0.4, -0.2) is 16.7 Å². The molecule has 0 saturated carbocycles. The lowest BCUT2D eigenvalue weighted by atomic mass is 10.3. The Morgan fingerprint density at radius 1 is 1.29 bits per heavy atom. The minimum absolute atomic E-state index is 0.392. The third kappa shape index (κ3) is 2.24. The summed E-state index contributed by atoms with van der Waals surface area (Å²) in [7, 11) is 1.51. The molecule has 0 unspecified atom stereocenters. The summed E-state index contributed by atoms with van der Waals surface area (Å²) in [6.45, 7) is 0. The Morgan fingerprint density at radius 3 is 2.65 bits per heavy atom. The van der Waals surface area contributed by atoms with Gasteiger partial charge in [0.05, 0.1) is 17.8 Å². The average molecular weight is 253 g/mol. The maximum absolute atomic E-state index is 11.5. The zero-order chi connectivity index (χ0) is 12.4. The molecule has 0 spiro atoms. The molecule has 88 valence electrons. The molecule has 5 nitrogen and oxygen atoms in total. The molecule has 2 rings (SSSR count). The number of rotatable bonds is 2. The number of ether oxygens (including phenoxy) is 1. The largest absolute Gasteiger partial charge is 0.495 e. The van der Waals surface area contributed by atoms with Crippen molar-refractivity contribution in [3.05, 3.63) is 56.3 Å². The van der Waals surface area contributed by atoms with E-state index in [9.17, 15) is 9.59 Å². The molecule has 0 radical (unpaired) electrons. The van der Waals surface area contributed by atoms with Gasteiger partial charge in [-0.2, -0.15) is 0 Å². The molecule has 0 amide bonds. The van der Waals surface area contributed by atoms with Crippen LogP contribution in [0.2, 0.25) is 5.02 Å². The van der Waals surface area contributed by atoms with Crippen molar-refractivity contribution in [2.24, 2.45) is 0 Å². The lowest BCUT2D eigenvalue weighted by molar-refractivity contribution is 0.415. The summed E-state index contributed by atoms with van der Waals surface area (Å²) in [5, 5.41) is 0.392. The standard InChI is InChI=1S/C11H9ClN2O3/c1-17-9-3-2-7(6-8(9)12)14-5-4-10(15)13-11(14)16/h2-6H,1H3,(H,13,15,16). The van der Waals surface area contributed by atoms with E-state index < -0.39 is 11.2 Å². The van der Waals surface area contributed by atoms with Gasteiger partial charge in [0.25, 0.3) is 5.56 Å². The van der Waals surface area contributed by atoms with Gasteiger partial charge in [-0.25, -0.2) is 4.79 Å². The fourth-order valence-corrected chi connectivity index (χ4v) is 1.68. The Balaban J connectivity index is 2.57. The van der Waals surface area contributed by atoms with Gasteiger partial charge in [0.2, 0.25) is 0 Å². The van der Waals surface area contributed by atoms with Crippen LogP contribution in [0.15, 0.2) is 40.1 Å². The van der Waals surface area contributed by atoms with Crippen LogP contribution in [0, 0.1) is 0 Å². The van der Waals surface area contributed by atoms with Crippen LogP contribution in [0.1, 0.15) is 0 Å². The van der Waals surface area contributed by atoms with Crippen LogP contribution in [0.3, 0.4) is 0 Å². The molecule has 0 aliphatic heterocycles. The first-order valence-corrected chi connectivity index (χ1v) is 5.15. The highest BCUT2D eigenvalue weighted by molar-refractivity contribution is 6.32. The van der Waals surface area contributed by atoms with Crippen LogP contribution in [0.5, 0.6) is 5.75 Å². The third-order valence-corrected chi connectivity index (χ3v) is 2.53. The van der Waals surface area contributed by atoms with E-state index in [1.165, 1.54) is 23.9 Å². The molecule has 1 aromatic carbocycles. The van der Waals surface area contributed by atoms with E-state index in [1.807, 2.05) is 0 Å². The number of methoxy groups -OCH3 is 1. The molecule has 17 heavy (non-hydrogen) atoms. The number of nitrogens with zero attached hydrogens (tertiary/aromatic N) is 1. The number of halogens is 1. The van der Waals surface area contributed by atoms with Crippen LogP contribution in [0.25, 0.3) is 5.69 Å². The lowest BCUT2D eigenvalue weighted by Gasteiger charge is -2.07. The van der Waals surface area contributed by atoms with Crippen LogP contribution in [-0.2, 0) is 0 Å². The first-order valence-electron chi connectivity index (χ1n) is 4.78. The molecule has 1 heterocycles. The summed E-state index contributed by atoms with van der Waals surface area (Å²) in [6.07, 6.45) is 1.39. The maximum atomic E-state index is 11.5. The molecule has 1 aromatic heterocycles. The third-order valence-electron chi connectivity index (χ3n) is 2.24. The smallest absolute Gasteiger partial charge is 0.332 e. The summed E-state index contributed by atoms with van der Waals surface area (Å²) in [4.78, 5) is 24.6. The number of benzene rings is 1. The van der Waals surface area contributed by atoms with Crippen LogP contribution >= 0.6 is 11.6 Å². The predicted octanol–water partition coefficient (Wildman–Crippen LogP) is 1.19. The minimum atomic E-state index is -0.515. The second kappa shape index (κ2) is 4.47. The summed E-state index contributed by atoms with van der Waals surface area (Å²) in [5.41, 5.74) is -0.401. The number of aromatic amines is 1. The van der Waals surface area contributed by atoms with Crippen molar-refractivity contribution in [2.75, 3.05) is 7.11 Å². The molecular weight excluding hydrogens is 244 g/mol. The topological polar surface area (TPSA) is 64.1 Å². The Morgan fingerprint density at radius 2 is 2.06 bits per heavy atom. The summed E-state index contributed by atoms with van der Waals surface area (Å²) >= 11 is 5.95. The van der Waals surface area contributed by atoms with Crippen molar-refractivity contribution in [3.8, 4) is 11.4 Å². The average Bonchev–Trinajstić information content (AvgIpc) is 2.29. The second-order valence-electron chi connectivity index (χ2n) is 3.30. The van der Waals surface area contributed by atoms with Crippen molar-refractivity contribution in [2.45, 2.75) is 0 Å². The van der Waals surface area contributed by atoms with Gasteiger partial charge in [0.15, 0.2) is 0 Å². The van der Waals surface area contributed by atoms with Gasteiger partial charge in [-0.1, -0.05) is 11.6 Å². The van der Waals surface area contributed by atoms with Crippen LogP contribution in [0.4, 0.5) is 0 Å².